The molecule has 0 amide bonds. The van der Waals surface area contributed by atoms with Crippen LogP contribution in [0.4, 0.5) is 0 Å². The zero-order valence-corrected chi connectivity index (χ0v) is 12.8. The molecule has 0 bridgehead atoms. The second-order valence-electron chi connectivity index (χ2n) is 5.52. The van der Waals surface area contributed by atoms with Gasteiger partial charge in [0, 0.05) is 5.41 Å². The van der Waals surface area contributed by atoms with Crippen molar-refractivity contribution in [2.45, 2.75) is 32.1 Å². The summed E-state index contributed by atoms with van der Waals surface area (Å²) in [5, 5.41) is 0. The third-order valence-electron chi connectivity index (χ3n) is 4.07. The number of ether oxygens (including phenoxy) is 2. The molecule has 1 saturated carbocycles. The van der Waals surface area contributed by atoms with Crippen LogP contribution in [0.25, 0.3) is 0 Å². The summed E-state index contributed by atoms with van der Waals surface area (Å²) in [6.45, 7) is 0.702. The Kier molecular flexibility index (Phi) is 5.35. The third-order valence-corrected chi connectivity index (χ3v) is 4.74. The molecular formula is C16H22O3S. The minimum absolute atomic E-state index is 0.211. The molecule has 20 heavy (non-hydrogen) atoms. The van der Waals surface area contributed by atoms with Gasteiger partial charge in [-0.3, -0.25) is 0 Å². The van der Waals surface area contributed by atoms with Crippen LogP contribution in [-0.2, 0) is 4.74 Å². The van der Waals surface area contributed by atoms with E-state index in [2.05, 4.69) is 17.4 Å². The molecule has 4 heteroatoms. The van der Waals surface area contributed by atoms with Crippen molar-refractivity contribution in [1.82, 2.24) is 0 Å². The lowest BCUT2D eigenvalue weighted by molar-refractivity contribution is 0.0600. The van der Waals surface area contributed by atoms with Crippen molar-refractivity contribution in [1.29, 1.82) is 0 Å². The fourth-order valence-corrected chi connectivity index (χ4v) is 3.10. The van der Waals surface area contributed by atoms with Gasteiger partial charge in [0.15, 0.2) is 0 Å². The topological polar surface area (TPSA) is 35.5 Å². The van der Waals surface area contributed by atoms with E-state index in [1.807, 2.05) is 12.1 Å². The van der Waals surface area contributed by atoms with E-state index in [4.69, 9.17) is 4.74 Å². The number of benzene rings is 1. The van der Waals surface area contributed by atoms with Crippen LogP contribution in [-0.4, -0.2) is 25.4 Å². The highest BCUT2D eigenvalue weighted by atomic mass is 32.1. The maximum atomic E-state index is 11.4. The van der Waals surface area contributed by atoms with Crippen molar-refractivity contribution in [2.24, 2.45) is 5.41 Å². The molecule has 0 saturated heterocycles. The number of hydrogen-bond donors (Lipinski definition) is 1. The molecule has 1 aliphatic carbocycles. The summed E-state index contributed by atoms with van der Waals surface area (Å²) in [6, 6.07) is 7.10. The fraction of sp³-hybridized carbons (Fsp3) is 0.562. The average Bonchev–Trinajstić information content (AvgIpc) is 2.53. The minimum Gasteiger partial charge on any atom is -0.493 e. The molecule has 0 spiro atoms. The highest BCUT2D eigenvalue weighted by molar-refractivity contribution is 7.80. The second kappa shape index (κ2) is 7.02. The summed E-state index contributed by atoms with van der Waals surface area (Å²) >= 11 is 4.51. The van der Waals surface area contributed by atoms with Gasteiger partial charge in [0.05, 0.1) is 19.3 Å². The molecule has 1 fully saturated rings. The van der Waals surface area contributed by atoms with Gasteiger partial charge in [0.2, 0.25) is 0 Å². The zero-order valence-electron chi connectivity index (χ0n) is 11.9. The van der Waals surface area contributed by atoms with Crippen molar-refractivity contribution < 1.29 is 14.3 Å². The Hall–Kier alpha value is -1.16. The van der Waals surface area contributed by atoms with Crippen molar-refractivity contribution in [3.8, 4) is 5.75 Å². The zero-order chi connectivity index (χ0) is 14.4. The molecule has 0 heterocycles. The molecular weight excluding hydrogens is 272 g/mol. The van der Waals surface area contributed by atoms with Crippen LogP contribution in [0.1, 0.15) is 42.5 Å². The monoisotopic (exact) mass is 294 g/mol. The van der Waals surface area contributed by atoms with Crippen LogP contribution >= 0.6 is 12.6 Å². The molecule has 0 aromatic heterocycles. The molecule has 0 aliphatic heterocycles. The number of hydrogen-bond acceptors (Lipinski definition) is 4. The third kappa shape index (κ3) is 3.69. The first kappa shape index (κ1) is 15.2. The van der Waals surface area contributed by atoms with Crippen LogP contribution in [0, 0.1) is 5.41 Å². The van der Waals surface area contributed by atoms with E-state index in [0.717, 1.165) is 11.5 Å². The van der Waals surface area contributed by atoms with Gasteiger partial charge >= 0.3 is 5.97 Å². The Bertz CT molecular complexity index is 436. The first-order chi connectivity index (χ1) is 9.69. The predicted octanol–water partition coefficient (Wildman–Crippen LogP) is 3.73. The van der Waals surface area contributed by atoms with Gasteiger partial charge in [0.1, 0.15) is 5.75 Å². The van der Waals surface area contributed by atoms with E-state index in [-0.39, 0.29) is 11.4 Å². The first-order valence-electron chi connectivity index (χ1n) is 7.11. The van der Waals surface area contributed by atoms with Crippen LogP contribution in [0.15, 0.2) is 24.3 Å². The summed E-state index contributed by atoms with van der Waals surface area (Å²) in [4.78, 5) is 11.4. The molecule has 110 valence electrons. The number of methoxy groups -OCH3 is 1. The first-order valence-corrected chi connectivity index (χ1v) is 7.74. The average molecular weight is 294 g/mol. The molecule has 0 N–H and O–H groups in total. The van der Waals surface area contributed by atoms with Gasteiger partial charge in [-0.25, -0.2) is 4.79 Å². The Morgan fingerprint density at radius 2 is 1.85 bits per heavy atom. The maximum absolute atomic E-state index is 11.4. The van der Waals surface area contributed by atoms with Gasteiger partial charge in [-0.15, -0.1) is 0 Å². The van der Waals surface area contributed by atoms with E-state index in [1.54, 1.807) is 12.1 Å². The molecule has 1 aromatic carbocycles. The smallest absolute Gasteiger partial charge is 0.337 e. The molecule has 1 aromatic rings. The predicted molar refractivity (Wildman–Crippen MR) is 82.6 cm³/mol. The molecule has 3 nitrogen and oxygen atoms in total. The lowest BCUT2D eigenvalue weighted by Crippen LogP contribution is -2.32. The lowest BCUT2D eigenvalue weighted by atomic mass is 9.76. The van der Waals surface area contributed by atoms with Crippen LogP contribution in [0.3, 0.4) is 0 Å². The largest absolute Gasteiger partial charge is 0.493 e. The van der Waals surface area contributed by atoms with Crippen molar-refractivity contribution >= 4 is 18.6 Å². The Balaban J connectivity index is 1.94. The van der Waals surface area contributed by atoms with Crippen molar-refractivity contribution in [2.75, 3.05) is 19.5 Å². The number of carbonyl (C=O) groups excluding carboxylic acids is 1. The van der Waals surface area contributed by atoms with E-state index in [1.165, 1.54) is 39.2 Å². The quantitative estimate of drug-likeness (QED) is 0.664. The summed E-state index contributed by atoms with van der Waals surface area (Å²) < 4.78 is 10.6. The SMILES string of the molecule is COC(=O)c1ccc(OCC2(CS)CCCCC2)cc1. The number of esters is 1. The van der Waals surface area contributed by atoms with Gasteiger partial charge < -0.3 is 9.47 Å². The molecule has 2 rings (SSSR count). The maximum Gasteiger partial charge on any atom is 0.337 e. The molecule has 0 unspecified atom stereocenters. The highest BCUT2D eigenvalue weighted by Gasteiger charge is 2.31. The van der Waals surface area contributed by atoms with Gasteiger partial charge in [-0.1, -0.05) is 19.3 Å². The van der Waals surface area contributed by atoms with Crippen molar-refractivity contribution in [3.05, 3.63) is 29.8 Å². The highest BCUT2D eigenvalue weighted by Crippen LogP contribution is 2.37. The van der Waals surface area contributed by atoms with E-state index >= 15 is 0 Å². The summed E-state index contributed by atoms with van der Waals surface area (Å²) in [5.74, 6) is 1.34. The number of thiol groups is 1. The second-order valence-corrected chi connectivity index (χ2v) is 5.84. The van der Waals surface area contributed by atoms with E-state index in [9.17, 15) is 4.79 Å². The molecule has 0 radical (unpaired) electrons. The normalized spacial score (nSPS) is 17.5. The van der Waals surface area contributed by atoms with E-state index < -0.39 is 0 Å². The fourth-order valence-electron chi connectivity index (χ4n) is 2.69. The summed E-state index contributed by atoms with van der Waals surface area (Å²) in [6.07, 6.45) is 6.24. The van der Waals surface area contributed by atoms with E-state index in [0.29, 0.717) is 12.2 Å². The molecule has 1 aliphatic rings. The van der Waals surface area contributed by atoms with Gasteiger partial charge in [-0.05, 0) is 42.9 Å². The Morgan fingerprint density at radius 1 is 1.20 bits per heavy atom. The van der Waals surface area contributed by atoms with Crippen LogP contribution < -0.4 is 4.74 Å². The minimum atomic E-state index is -0.323. The summed E-state index contributed by atoms with van der Waals surface area (Å²) in [7, 11) is 1.38. The Morgan fingerprint density at radius 3 is 2.40 bits per heavy atom. The van der Waals surface area contributed by atoms with Crippen LogP contribution in [0.5, 0.6) is 5.75 Å². The van der Waals surface area contributed by atoms with Crippen molar-refractivity contribution in [3.63, 3.8) is 0 Å². The summed E-state index contributed by atoms with van der Waals surface area (Å²) in [5.41, 5.74) is 0.754. The van der Waals surface area contributed by atoms with Gasteiger partial charge in [0.25, 0.3) is 0 Å². The standard InChI is InChI=1S/C16H22O3S/c1-18-15(17)13-5-7-14(8-6-13)19-11-16(12-20)9-3-2-4-10-16/h5-8,20H,2-4,9-12H2,1H3. The van der Waals surface area contributed by atoms with Crippen LogP contribution in [0.2, 0.25) is 0 Å². The molecule has 0 atom stereocenters. The van der Waals surface area contributed by atoms with Gasteiger partial charge in [-0.2, -0.15) is 12.6 Å². The number of rotatable bonds is 5. The lowest BCUT2D eigenvalue weighted by Gasteiger charge is -2.35. The number of carbonyl (C=O) groups is 1. The Labute approximate surface area is 126 Å².